The molecule has 2 aromatic rings. The van der Waals surface area contributed by atoms with Gasteiger partial charge >= 0.3 is 0 Å². The van der Waals surface area contributed by atoms with Gasteiger partial charge in [0.05, 0.1) is 4.90 Å². The number of ether oxygens (including phenoxy) is 1. The van der Waals surface area contributed by atoms with Crippen molar-refractivity contribution in [3.8, 4) is 11.5 Å². The van der Waals surface area contributed by atoms with Crippen molar-refractivity contribution < 1.29 is 13.2 Å². The molecule has 0 amide bonds. The first-order valence-electron chi connectivity index (χ1n) is 6.20. The molecule has 4 nitrogen and oxygen atoms in total. The van der Waals surface area contributed by atoms with E-state index in [2.05, 4.69) is 0 Å². The molecular formula is C15H17NO3S. The summed E-state index contributed by atoms with van der Waals surface area (Å²) >= 11 is 0. The first-order chi connectivity index (χ1) is 9.36. The van der Waals surface area contributed by atoms with E-state index >= 15 is 0 Å². The Morgan fingerprint density at radius 2 is 1.70 bits per heavy atom. The predicted molar refractivity (Wildman–Crippen MR) is 78.7 cm³/mol. The van der Waals surface area contributed by atoms with Gasteiger partial charge in [0, 0.05) is 12.3 Å². The van der Waals surface area contributed by atoms with Gasteiger partial charge in [0.1, 0.15) is 11.5 Å². The summed E-state index contributed by atoms with van der Waals surface area (Å²) in [6.07, 6.45) is 1.18. The maximum Gasteiger partial charge on any atom is 0.175 e. The van der Waals surface area contributed by atoms with Gasteiger partial charge < -0.3 is 10.5 Å². The van der Waals surface area contributed by atoms with E-state index in [0.29, 0.717) is 11.5 Å². The van der Waals surface area contributed by atoms with Crippen LogP contribution < -0.4 is 10.5 Å². The van der Waals surface area contributed by atoms with Gasteiger partial charge in [-0.3, -0.25) is 0 Å². The van der Waals surface area contributed by atoms with Crippen LogP contribution in [0.25, 0.3) is 0 Å². The SMILES string of the molecule is CC(N)c1cccc(Oc2ccc(S(C)(=O)=O)cc2)c1. The van der Waals surface area contributed by atoms with Crippen LogP contribution in [0.2, 0.25) is 0 Å². The molecule has 1 unspecified atom stereocenters. The van der Waals surface area contributed by atoms with Crippen LogP contribution >= 0.6 is 0 Å². The maximum atomic E-state index is 11.4. The fraction of sp³-hybridized carbons (Fsp3) is 0.200. The first-order valence-corrected chi connectivity index (χ1v) is 8.09. The molecule has 0 radical (unpaired) electrons. The molecule has 0 spiro atoms. The van der Waals surface area contributed by atoms with Crippen LogP contribution in [0.4, 0.5) is 0 Å². The average molecular weight is 291 g/mol. The van der Waals surface area contributed by atoms with Crippen LogP contribution in [0.5, 0.6) is 11.5 Å². The summed E-state index contributed by atoms with van der Waals surface area (Å²) in [4.78, 5) is 0.272. The second kappa shape index (κ2) is 5.64. The Kier molecular flexibility index (Phi) is 4.11. The van der Waals surface area contributed by atoms with Crippen molar-refractivity contribution in [1.29, 1.82) is 0 Å². The summed E-state index contributed by atoms with van der Waals surface area (Å²) in [6.45, 7) is 1.90. The third-order valence-corrected chi connectivity index (χ3v) is 4.00. The minimum Gasteiger partial charge on any atom is -0.457 e. The van der Waals surface area contributed by atoms with Crippen LogP contribution in [0.15, 0.2) is 53.4 Å². The van der Waals surface area contributed by atoms with Gasteiger partial charge in [0.25, 0.3) is 0 Å². The lowest BCUT2D eigenvalue weighted by Crippen LogP contribution is -2.04. The monoisotopic (exact) mass is 291 g/mol. The van der Waals surface area contributed by atoms with Crippen molar-refractivity contribution in [3.63, 3.8) is 0 Å². The maximum absolute atomic E-state index is 11.4. The Balaban J connectivity index is 2.20. The third kappa shape index (κ3) is 3.59. The van der Waals surface area contributed by atoms with Crippen molar-refractivity contribution in [1.82, 2.24) is 0 Å². The van der Waals surface area contributed by atoms with Gasteiger partial charge in [-0.25, -0.2) is 8.42 Å². The average Bonchev–Trinajstić information content (AvgIpc) is 2.38. The summed E-state index contributed by atoms with van der Waals surface area (Å²) < 4.78 is 28.4. The number of benzene rings is 2. The van der Waals surface area contributed by atoms with Crippen LogP contribution in [0, 0.1) is 0 Å². The zero-order valence-corrected chi connectivity index (χ0v) is 12.2. The normalized spacial score (nSPS) is 12.9. The lowest BCUT2D eigenvalue weighted by molar-refractivity contribution is 0.481. The number of rotatable bonds is 4. The Morgan fingerprint density at radius 1 is 1.05 bits per heavy atom. The molecule has 0 saturated carbocycles. The van der Waals surface area contributed by atoms with Gasteiger partial charge in [-0.05, 0) is 48.9 Å². The van der Waals surface area contributed by atoms with Crippen molar-refractivity contribution in [2.45, 2.75) is 17.9 Å². The molecule has 0 heterocycles. The molecule has 2 rings (SSSR count). The number of sulfone groups is 1. The standard InChI is InChI=1S/C15H17NO3S/c1-11(16)12-4-3-5-14(10-12)19-13-6-8-15(9-7-13)20(2,17)18/h3-11H,16H2,1-2H3. The Hall–Kier alpha value is -1.85. The van der Waals surface area contributed by atoms with E-state index in [-0.39, 0.29) is 10.9 Å². The summed E-state index contributed by atoms with van der Waals surface area (Å²) in [7, 11) is -3.18. The van der Waals surface area contributed by atoms with Gasteiger partial charge in [0.2, 0.25) is 0 Å². The molecule has 1 atom stereocenters. The highest BCUT2D eigenvalue weighted by molar-refractivity contribution is 7.90. The topological polar surface area (TPSA) is 69.4 Å². The Morgan fingerprint density at radius 3 is 2.25 bits per heavy atom. The molecule has 0 aliphatic rings. The summed E-state index contributed by atoms with van der Waals surface area (Å²) in [5.41, 5.74) is 6.80. The Bertz CT molecular complexity index is 691. The van der Waals surface area contributed by atoms with E-state index in [4.69, 9.17) is 10.5 Å². The molecular weight excluding hydrogens is 274 g/mol. The fourth-order valence-electron chi connectivity index (χ4n) is 1.75. The second-order valence-electron chi connectivity index (χ2n) is 4.71. The van der Waals surface area contributed by atoms with Crippen LogP contribution in [0.1, 0.15) is 18.5 Å². The quantitative estimate of drug-likeness (QED) is 0.940. The van der Waals surface area contributed by atoms with E-state index in [9.17, 15) is 8.42 Å². The highest BCUT2D eigenvalue weighted by Gasteiger charge is 2.07. The largest absolute Gasteiger partial charge is 0.457 e. The van der Waals surface area contributed by atoms with Gasteiger partial charge in [-0.2, -0.15) is 0 Å². The van der Waals surface area contributed by atoms with Gasteiger partial charge in [-0.1, -0.05) is 12.1 Å². The molecule has 2 N–H and O–H groups in total. The van der Waals surface area contributed by atoms with Crippen molar-refractivity contribution in [3.05, 3.63) is 54.1 Å². The fourth-order valence-corrected chi connectivity index (χ4v) is 2.38. The lowest BCUT2D eigenvalue weighted by atomic mass is 10.1. The summed E-state index contributed by atoms with van der Waals surface area (Å²) in [6, 6.07) is 13.8. The molecule has 0 aromatic heterocycles. The van der Waals surface area contributed by atoms with Crippen molar-refractivity contribution in [2.75, 3.05) is 6.26 Å². The number of hydrogen-bond donors (Lipinski definition) is 1. The Labute approximate surface area is 119 Å². The highest BCUT2D eigenvalue weighted by atomic mass is 32.2. The molecule has 0 aliphatic heterocycles. The van der Waals surface area contributed by atoms with Crippen LogP contribution in [0.3, 0.4) is 0 Å². The summed E-state index contributed by atoms with van der Waals surface area (Å²) in [5.74, 6) is 1.26. The molecule has 106 valence electrons. The number of hydrogen-bond acceptors (Lipinski definition) is 4. The van der Waals surface area contributed by atoms with Gasteiger partial charge in [0.15, 0.2) is 9.84 Å². The predicted octanol–water partition coefficient (Wildman–Crippen LogP) is 2.90. The summed E-state index contributed by atoms with van der Waals surface area (Å²) in [5, 5.41) is 0. The smallest absolute Gasteiger partial charge is 0.175 e. The lowest BCUT2D eigenvalue weighted by Gasteiger charge is -2.10. The zero-order valence-electron chi connectivity index (χ0n) is 11.4. The van der Waals surface area contributed by atoms with Gasteiger partial charge in [-0.15, -0.1) is 0 Å². The van der Waals surface area contributed by atoms with E-state index in [1.807, 2.05) is 31.2 Å². The van der Waals surface area contributed by atoms with E-state index in [1.165, 1.54) is 18.4 Å². The molecule has 5 heteroatoms. The minimum atomic E-state index is -3.18. The van der Waals surface area contributed by atoms with E-state index in [1.54, 1.807) is 12.1 Å². The molecule has 0 saturated heterocycles. The first kappa shape index (κ1) is 14.6. The number of nitrogens with two attached hydrogens (primary N) is 1. The van der Waals surface area contributed by atoms with E-state index in [0.717, 1.165) is 5.56 Å². The van der Waals surface area contributed by atoms with E-state index < -0.39 is 9.84 Å². The minimum absolute atomic E-state index is 0.0637. The van der Waals surface area contributed by atoms with Crippen molar-refractivity contribution >= 4 is 9.84 Å². The second-order valence-corrected chi connectivity index (χ2v) is 6.72. The molecule has 0 fully saturated rings. The molecule has 0 bridgehead atoms. The zero-order chi connectivity index (χ0) is 14.8. The van der Waals surface area contributed by atoms with Crippen LogP contribution in [-0.2, 0) is 9.84 Å². The highest BCUT2D eigenvalue weighted by Crippen LogP contribution is 2.25. The molecule has 2 aromatic carbocycles. The van der Waals surface area contributed by atoms with Crippen LogP contribution in [-0.4, -0.2) is 14.7 Å². The molecule has 20 heavy (non-hydrogen) atoms. The molecule has 0 aliphatic carbocycles. The van der Waals surface area contributed by atoms with Crippen molar-refractivity contribution in [2.24, 2.45) is 5.73 Å². The third-order valence-electron chi connectivity index (χ3n) is 2.87.